The summed E-state index contributed by atoms with van der Waals surface area (Å²) in [4.78, 5) is 13.5. The molecule has 0 aliphatic heterocycles. The van der Waals surface area contributed by atoms with Crippen LogP contribution in [0.1, 0.15) is 18.9 Å². The molecule has 0 heterocycles. The molecule has 0 saturated heterocycles. The van der Waals surface area contributed by atoms with E-state index >= 15 is 0 Å². The van der Waals surface area contributed by atoms with E-state index in [-0.39, 0.29) is 18.6 Å². The Morgan fingerprint density at radius 1 is 1.41 bits per heavy atom. The summed E-state index contributed by atoms with van der Waals surface area (Å²) in [6.45, 7) is 2.64. The summed E-state index contributed by atoms with van der Waals surface area (Å²) in [5.74, 6) is -0.0158. The quantitative estimate of drug-likeness (QED) is 0.765. The van der Waals surface area contributed by atoms with Gasteiger partial charge in [-0.15, -0.1) is 0 Å². The molecule has 0 aromatic heterocycles. The summed E-state index contributed by atoms with van der Waals surface area (Å²) in [6, 6.07) is 9.57. The molecule has 0 aliphatic rings. The fraction of sp³-hybridized carbons (Fsp3) is 0.462. The lowest BCUT2D eigenvalue weighted by Gasteiger charge is -2.22. The monoisotopic (exact) mass is 236 g/mol. The van der Waals surface area contributed by atoms with Gasteiger partial charge in [-0.3, -0.25) is 4.79 Å². The van der Waals surface area contributed by atoms with E-state index in [4.69, 9.17) is 10.8 Å². The SMILES string of the molecule is CC(N)CC(=O)N(CCO)Cc1ccccc1. The fourth-order valence-electron chi connectivity index (χ4n) is 1.62. The lowest BCUT2D eigenvalue weighted by atomic mass is 10.2. The van der Waals surface area contributed by atoms with Crippen molar-refractivity contribution in [3.63, 3.8) is 0 Å². The van der Waals surface area contributed by atoms with Crippen LogP contribution in [0.15, 0.2) is 30.3 Å². The first-order valence-electron chi connectivity index (χ1n) is 5.81. The van der Waals surface area contributed by atoms with Crippen molar-refractivity contribution < 1.29 is 9.90 Å². The van der Waals surface area contributed by atoms with Crippen LogP contribution in [0.5, 0.6) is 0 Å². The molecule has 4 heteroatoms. The molecule has 1 aromatic rings. The van der Waals surface area contributed by atoms with Gasteiger partial charge >= 0.3 is 0 Å². The van der Waals surface area contributed by atoms with Gasteiger partial charge in [-0.25, -0.2) is 0 Å². The Morgan fingerprint density at radius 3 is 2.59 bits per heavy atom. The molecule has 1 aromatic carbocycles. The highest BCUT2D eigenvalue weighted by molar-refractivity contribution is 5.76. The molecule has 0 fully saturated rings. The van der Waals surface area contributed by atoms with Gasteiger partial charge in [-0.05, 0) is 12.5 Å². The summed E-state index contributed by atoms with van der Waals surface area (Å²) in [5, 5.41) is 8.97. The van der Waals surface area contributed by atoms with E-state index in [1.54, 1.807) is 11.8 Å². The predicted octanol–water partition coefficient (Wildman–Crippen LogP) is 0.745. The molecule has 0 aliphatic carbocycles. The van der Waals surface area contributed by atoms with Crippen LogP contribution < -0.4 is 5.73 Å². The van der Waals surface area contributed by atoms with E-state index in [9.17, 15) is 4.79 Å². The lowest BCUT2D eigenvalue weighted by molar-refractivity contribution is -0.132. The van der Waals surface area contributed by atoms with E-state index < -0.39 is 0 Å². The van der Waals surface area contributed by atoms with E-state index in [0.717, 1.165) is 5.56 Å². The normalized spacial score (nSPS) is 12.2. The average Bonchev–Trinajstić information content (AvgIpc) is 2.29. The predicted molar refractivity (Wildman–Crippen MR) is 67.2 cm³/mol. The van der Waals surface area contributed by atoms with Crippen LogP contribution in [0.4, 0.5) is 0 Å². The van der Waals surface area contributed by atoms with Gasteiger partial charge in [0, 0.05) is 25.6 Å². The molecule has 0 saturated carbocycles. The highest BCUT2D eigenvalue weighted by Gasteiger charge is 2.14. The molecule has 4 nitrogen and oxygen atoms in total. The maximum absolute atomic E-state index is 11.9. The third kappa shape index (κ3) is 4.97. The summed E-state index contributed by atoms with van der Waals surface area (Å²) in [5.41, 5.74) is 6.67. The molecule has 1 unspecified atom stereocenters. The van der Waals surface area contributed by atoms with Crippen molar-refractivity contribution in [1.29, 1.82) is 0 Å². The summed E-state index contributed by atoms with van der Waals surface area (Å²) >= 11 is 0. The Hall–Kier alpha value is -1.39. The molecule has 17 heavy (non-hydrogen) atoms. The third-order valence-electron chi connectivity index (χ3n) is 2.44. The molecule has 0 radical (unpaired) electrons. The number of hydrogen-bond donors (Lipinski definition) is 2. The van der Waals surface area contributed by atoms with Gasteiger partial charge in [0.15, 0.2) is 0 Å². The Kier molecular flexibility index (Phi) is 5.66. The Balaban J connectivity index is 2.63. The second-order valence-electron chi connectivity index (χ2n) is 4.21. The molecule has 3 N–H and O–H groups in total. The Morgan fingerprint density at radius 2 is 2.06 bits per heavy atom. The summed E-state index contributed by atoms with van der Waals surface area (Å²) in [7, 11) is 0. The zero-order valence-corrected chi connectivity index (χ0v) is 10.2. The first kappa shape index (κ1) is 13.7. The number of carbonyl (C=O) groups excluding carboxylic acids is 1. The first-order chi connectivity index (χ1) is 8.13. The van der Waals surface area contributed by atoms with Crippen molar-refractivity contribution in [2.45, 2.75) is 25.9 Å². The number of nitrogens with zero attached hydrogens (tertiary/aromatic N) is 1. The van der Waals surface area contributed by atoms with E-state index in [1.165, 1.54) is 0 Å². The maximum atomic E-state index is 11.9. The number of benzene rings is 1. The number of carbonyl (C=O) groups is 1. The molecular weight excluding hydrogens is 216 g/mol. The first-order valence-corrected chi connectivity index (χ1v) is 5.81. The van der Waals surface area contributed by atoms with Crippen LogP contribution in [0.25, 0.3) is 0 Å². The minimum absolute atomic E-state index is 0.0158. The van der Waals surface area contributed by atoms with Crippen LogP contribution in [0, 0.1) is 0 Å². The topological polar surface area (TPSA) is 66.6 Å². The molecular formula is C13H20N2O2. The van der Waals surface area contributed by atoms with Gasteiger partial charge in [-0.1, -0.05) is 30.3 Å². The standard InChI is InChI=1S/C13H20N2O2/c1-11(14)9-13(17)15(7-8-16)10-12-5-3-2-4-6-12/h2-6,11,16H,7-10,14H2,1H3. The molecule has 1 rings (SSSR count). The minimum atomic E-state index is -0.153. The highest BCUT2D eigenvalue weighted by atomic mass is 16.3. The van der Waals surface area contributed by atoms with E-state index in [0.29, 0.717) is 19.5 Å². The highest BCUT2D eigenvalue weighted by Crippen LogP contribution is 2.06. The largest absolute Gasteiger partial charge is 0.395 e. The van der Waals surface area contributed by atoms with Crippen molar-refractivity contribution >= 4 is 5.91 Å². The van der Waals surface area contributed by atoms with Gasteiger partial charge in [-0.2, -0.15) is 0 Å². The second kappa shape index (κ2) is 7.04. The summed E-state index contributed by atoms with van der Waals surface area (Å²) < 4.78 is 0. The molecule has 0 bridgehead atoms. The van der Waals surface area contributed by atoms with Crippen LogP contribution in [-0.2, 0) is 11.3 Å². The van der Waals surface area contributed by atoms with Crippen LogP contribution in [-0.4, -0.2) is 35.1 Å². The van der Waals surface area contributed by atoms with Crippen molar-refractivity contribution in [2.24, 2.45) is 5.73 Å². The fourth-order valence-corrected chi connectivity index (χ4v) is 1.62. The van der Waals surface area contributed by atoms with Crippen LogP contribution in [0.2, 0.25) is 0 Å². The van der Waals surface area contributed by atoms with Gasteiger partial charge in [0.05, 0.1) is 6.61 Å². The second-order valence-corrected chi connectivity index (χ2v) is 4.21. The Labute approximate surface area is 102 Å². The van der Waals surface area contributed by atoms with E-state index in [1.807, 2.05) is 30.3 Å². The smallest absolute Gasteiger partial charge is 0.224 e. The molecule has 0 spiro atoms. The van der Waals surface area contributed by atoms with Crippen molar-refractivity contribution in [3.05, 3.63) is 35.9 Å². The minimum Gasteiger partial charge on any atom is -0.395 e. The van der Waals surface area contributed by atoms with Crippen LogP contribution in [0.3, 0.4) is 0 Å². The average molecular weight is 236 g/mol. The van der Waals surface area contributed by atoms with Gasteiger partial charge in [0.2, 0.25) is 5.91 Å². The molecule has 1 atom stereocenters. The van der Waals surface area contributed by atoms with Crippen molar-refractivity contribution in [3.8, 4) is 0 Å². The number of rotatable bonds is 6. The van der Waals surface area contributed by atoms with Crippen LogP contribution >= 0.6 is 0 Å². The third-order valence-corrected chi connectivity index (χ3v) is 2.44. The lowest BCUT2D eigenvalue weighted by Crippen LogP contribution is -2.36. The number of aliphatic hydroxyl groups excluding tert-OH is 1. The summed E-state index contributed by atoms with van der Waals surface area (Å²) in [6.07, 6.45) is 0.312. The number of amides is 1. The van der Waals surface area contributed by atoms with E-state index in [2.05, 4.69) is 0 Å². The molecule has 1 amide bonds. The van der Waals surface area contributed by atoms with Crippen molar-refractivity contribution in [2.75, 3.05) is 13.2 Å². The molecule has 94 valence electrons. The Bertz CT molecular complexity index is 339. The zero-order valence-electron chi connectivity index (χ0n) is 10.2. The van der Waals surface area contributed by atoms with Gasteiger partial charge in [0.25, 0.3) is 0 Å². The van der Waals surface area contributed by atoms with Gasteiger partial charge < -0.3 is 15.7 Å². The number of hydrogen-bond acceptors (Lipinski definition) is 3. The van der Waals surface area contributed by atoms with Gasteiger partial charge in [0.1, 0.15) is 0 Å². The zero-order chi connectivity index (χ0) is 12.7. The van der Waals surface area contributed by atoms with Crippen molar-refractivity contribution in [1.82, 2.24) is 4.90 Å². The maximum Gasteiger partial charge on any atom is 0.224 e. The number of nitrogens with two attached hydrogens (primary N) is 1. The number of aliphatic hydroxyl groups is 1.